The highest BCUT2D eigenvalue weighted by molar-refractivity contribution is 6.06. The summed E-state index contributed by atoms with van der Waals surface area (Å²) in [7, 11) is 4.63. The maximum Gasteiger partial charge on any atom is 0.338 e. The van der Waals surface area contributed by atoms with Crippen molar-refractivity contribution in [3.63, 3.8) is 0 Å². The average molecular weight is 490 g/mol. The summed E-state index contributed by atoms with van der Waals surface area (Å²) in [5, 5.41) is 7.34. The number of likely N-dealkylation sites (N-methyl/N-ethyl adjacent to an activating group) is 1. The molecular weight excluding hydrogens is 458 g/mol. The van der Waals surface area contributed by atoms with Gasteiger partial charge in [-0.2, -0.15) is 0 Å². The van der Waals surface area contributed by atoms with Gasteiger partial charge < -0.3 is 25.0 Å². The van der Waals surface area contributed by atoms with Gasteiger partial charge in [-0.3, -0.25) is 9.59 Å². The third-order valence-corrected chi connectivity index (χ3v) is 6.76. The van der Waals surface area contributed by atoms with E-state index >= 15 is 0 Å². The molecule has 0 saturated carbocycles. The summed E-state index contributed by atoms with van der Waals surface area (Å²) in [6.45, 7) is 1.96. The van der Waals surface area contributed by atoms with Crippen LogP contribution in [0.25, 0.3) is 10.8 Å². The van der Waals surface area contributed by atoms with Crippen molar-refractivity contribution < 1.29 is 23.9 Å². The first-order valence-electron chi connectivity index (χ1n) is 11.9. The van der Waals surface area contributed by atoms with Crippen LogP contribution in [-0.4, -0.2) is 51.1 Å². The van der Waals surface area contributed by atoms with Gasteiger partial charge in [-0.25, -0.2) is 4.79 Å². The van der Waals surface area contributed by atoms with Crippen molar-refractivity contribution >= 4 is 34.2 Å². The molecule has 0 spiro atoms. The number of para-hydroxylation sites is 1. The predicted molar refractivity (Wildman–Crippen MR) is 138 cm³/mol. The Bertz CT molecular complexity index is 1310. The minimum Gasteiger partial charge on any atom is -0.496 e. The van der Waals surface area contributed by atoms with Crippen molar-refractivity contribution in [2.24, 2.45) is 0 Å². The van der Waals surface area contributed by atoms with Gasteiger partial charge >= 0.3 is 5.97 Å². The fourth-order valence-corrected chi connectivity index (χ4v) is 4.64. The van der Waals surface area contributed by atoms with E-state index in [2.05, 4.69) is 10.6 Å². The van der Waals surface area contributed by atoms with Crippen LogP contribution in [0.4, 0.5) is 5.69 Å². The lowest BCUT2D eigenvalue weighted by Gasteiger charge is -2.28. The number of benzene rings is 3. The minimum atomic E-state index is -0.674. The largest absolute Gasteiger partial charge is 0.496 e. The van der Waals surface area contributed by atoms with E-state index in [-0.39, 0.29) is 18.4 Å². The summed E-state index contributed by atoms with van der Waals surface area (Å²) in [5.74, 6) is -0.259. The van der Waals surface area contributed by atoms with E-state index in [0.29, 0.717) is 29.5 Å². The summed E-state index contributed by atoms with van der Waals surface area (Å²) in [5.41, 5.74) is 3.02. The smallest absolute Gasteiger partial charge is 0.338 e. The molecule has 0 fully saturated rings. The summed E-state index contributed by atoms with van der Waals surface area (Å²) in [6.07, 6.45) is 1.14. The van der Waals surface area contributed by atoms with Crippen LogP contribution in [0.15, 0.2) is 54.6 Å². The van der Waals surface area contributed by atoms with Gasteiger partial charge in [-0.15, -0.1) is 0 Å². The SMILES string of the molecule is CNC(C)C(=O)NC1CCc2ccccc2N(Cc2c(OC)ccc3c(C(=O)OC)cccc23)C1=O. The van der Waals surface area contributed by atoms with Crippen molar-refractivity contribution in [2.75, 3.05) is 26.2 Å². The fraction of sp³-hybridized carbons (Fsp3) is 0.321. The van der Waals surface area contributed by atoms with E-state index in [1.807, 2.05) is 36.4 Å². The topological polar surface area (TPSA) is 97.0 Å². The number of hydrogen-bond donors (Lipinski definition) is 2. The number of carbonyl (C=O) groups is 3. The number of fused-ring (bicyclic) bond motifs is 2. The molecule has 1 heterocycles. The lowest BCUT2D eigenvalue weighted by Crippen LogP contribution is -2.52. The van der Waals surface area contributed by atoms with E-state index in [1.54, 1.807) is 44.2 Å². The Kier molecular flexibility index (Phi) is 7.55. The molecule has 8 nitrogen and oxygen atoms in total. The van der Waals surface area contributed by atoms with Crippen LogP contribution >= 0.6 is 0 Å². The van der Waals surface area contributed by atoms with Crippen LogP contribution in [0.5, 0.6) is 5.75 Å². The normalized spacial score (nSPS) is 16.2. The highest BCUT2D eigenvalue weighted by atomic mass is 16.5. The number of nitrogens with one attached hydrogen (secondary N) is 2. The van der Waals surface area contributed by atoms with E-state index < -0.39 is 18.1 Å². The molecule has 0 aromatic heterocycles. The summed E-state index contributed by atoms with van der Waals surface area (Å²) >= 11 is 0. The number of hydrogen-bond acceptors (Lipinski definition) is 6. The molecular formula is C28H31N3O5. The first-order valence-corrected chi connectivity index (χ1v) is 11.9. The molecule has 2 unspecified atom stereocenters. The Morgan fingerprint density at radius 2 is 1.83 bits per heavy atom. The maximum absolute atomic E-state index is 13.9. The van der Waals surface area contributed by atoms with Crippen LogP contribution < -0.4 is 20.3 Å². The molecule has 2 N–H and O–H groups in total. The highest BCUT2D eigenvalue weighted by Gasteiger charge is 2.33. The monoisotopic (exact) mass is 489 g/mol. The van der Waals surface area contributed by atoms with E-state index in [9.17, 15) is 14.4 Å². The zero-order chi connectivity index (χ0) is 25.8. The van der Waals surface area contributed by atoms with Gasteiger partial charge in [0.1, 0.15) is 11.8 Å². The first-order chi connectivity index (χ1) is 17.4. The van der Waals surface area contributed by atoms with Crippen molar-refractivity contribution in [2.45, 2.75) is 38.4 Å². The van der Waals surface area contributed by atoms with E-state index in [4.69, 9.17) is 9.47 Å². The zero-order valence-corrected chi connectivity index (χ0v) is 21.0. The lowest BCUT2D eigenvalue weighted by molar-refractivity contribution is -0.128. The number of ether oxygens (including phenoxy) is 2. The van der Waals surface area contributed by atoms with E-state index in [0.717, 1.165) is 22.2 Å². The predicted octanol–water partition coefficient (Wildman–Crippen LogP) is 3.21. The number of amides is 2. The molecule has 4 rings (SSSR count). The Labute approximate surface area is 210 Å². The van der Waals surface area contributed by atoms with Crippen LogP contribution in [0.1, 0.15) is 34.8 Å². The number of carbonyl (C=O) groups excluding carboxylic acids is 3. The molecule has 8 heteroatoms. The number of rotatable bonds is 7. The number of methoxy groups -OCH3 is 2. The summed E-state index contributed by atoms with van der Waals surface area (Å²) < 4.78 is 10.7. The Hall–Kier alpha value is -3.91. The molecule has 0 aliphatic carbocycles. The quantitative estimate of drug-likeness (QED) is 0.495. The maximum atomic E-state index is 13.9. The minimum absolute atomic E-state index is 0.195. The standard InChI is InChI=1S/C28H31N3O5/c1-17(29-2)26(32)30-23-14-12-18-8-5-6-11-24(18)31(27(23)33)16-22-19-9-7-10-21(28(34)36-4)20(19)13-15-25(22)35-3/h5-11,13,15,17,23,29H,12,14,16H2,1-4H3,(H,30,32). The van der Waals surface area contributed by atoms with Gasteiger partial charge in [-0.05, 0) is 67.4 Å². The van der Waals surface area contributed by atoms with Crippen molar-refractivity contribution in [3.8, 4) is 5.75 Å². The Morgan fingerprint density at radius 1 is 1.06 bits per heavy atom. The molecule has 1 aliphatic heterocycles. The molecule has 188 valence electrons. The molecule has 36 heavy (non-hydrogen) atoms. The van der Waals surface area contributed by atoms with Crippen molar-refractivity contribution in [1.29, 1.82) is 0 Å². The van der Waals surface area contributed by atoms with Gasteiger partial charge in [0.25, 0.3) is 0 Å². The number of esters is 1. The number of anilines is 1. The fourth-order valence-electron chi connectivity index (χ4n) is 4.64. The molecule has 3 aromatic carbocycles. The van der Waals surface area contributed by atoms with Gasteiger partial charge in [-0.1, -0.05) is 30.3 Å². The van der Waals surface area contributed by atoms with Crippen molar-refractivity contribution in [1.82, 2.24) is 10.6 Å². The molecule has 0 saturated heterocycles. The number of nitrogens with zero attached hydrogens (tertiary/aromatic N) is 1. The second-order valence-corrected chi connectivity index (χ2v) is 8.80. The lowest BCUT2D eigenvalue weighted by atomic mass is 9.98. The highest BCUT2D eigenvalue weighted by Crippen LogP contribution is 2.35. The van der Waals surface area contributed by atoms with Gasteiger partial charge in [0, 0.05) is 11.3 Å². The molecule has 2 amide bonds. The van der Waals surface area contributed by atoms with Gasteiger partial charge in [0.15, 0.2) is 0 Å². The summed E-state index contributed by atoms with van der Waals surface area (Å²) in [4.78, 5) is 40.6. The molecule has 2 atom stereocenters. The zero-order valence-electron chi connectivity index (χ0n) is 21.0. The van der Waals surface area contributed by atoms with E-state index in [1.165, 1.54) is 7.11 Å². The summed E-state index contributed by atoms with van der Waals surface area (Å²) in [6, 6.07) is 15.7. The van der Waals surface area contributed by atoms with Gasteiger partial charge in [0.2, 0.25) is 11.8 Å². The van der Waals surface area contributed by atoms with Crippen molar-refractivity contribution in [3.05, 3.63) is 71.3 Å². The Balaban J connectivity index is 1.81. The third-order valence-electron chi connectivity index (χ3n) is 6.76. The second kappa shape index (κ2) is 10.8. The molecule has 3 aromatic rings. The van der Waals surface area contributed by atoms with Crippen LogP contribution in [-0.2, 0) is 27.3 Å². The first kappa shape index (κ1) is 25.2. The third kappa shape index (κ3) is 4.77. The van der Waals surface area contributed by atoms with Crippen LogP contribution in [0.2, 0.25) is 0 Å². The second-order valence-electron chi connectivity index (χ2n) is 8.80. The molecule has 1 aliphatic rings. The van der Waals surface area contributed by atoms with Gasteiger partial charge in [0.05, 0.1) is 32.4 Å². The molecule has 0 bridgehead atoms. The average Bonchev–Trinajstić information content (AvgIpc) is 3.04. The number of aryl methyl sites for hydroxylation is 1. The van der Waals surface area contributed by atoms with Crippen LogP contribution in [0, 0.1) is 0 Å². The molecule has 0 radical (unpaired) electrons. The Morgan fingerprint density at radius 3 is 2.56 bits per heavy atom. The van der Waals surface area contributed by atoms with Crippen LogP contribution in [0.3, 0.4) is 0 Å².